The van der Waals surface area contributed by atoms with E-state index >= 15 is 0 Å². The van der Waals surface area contributed by atoms with Gasteiger partial charge in [-0.25, -0.2) is 0 Å². The van der Waals surface area contributed by atoms with Crippen LogP contribution in [0.15, 0.2) is 47.5 Å². The quantitative estimate of drug-likeness (QED) is 0.382. The summed E-state index contributed by atoms with van der Waals surface area (Å²) >= 11 is 0. The molecule has 2 N–H and O–H groups in total. The van der Waals surface area contributed by atoms with Gasteiger partial charge in [-0.3, -0.25) is 4.99 Å². The van der Waals surface area contributed by atoms with Crippen molar-refractivity contribution in [1.29, 1.82) is 0 Å². The topological polar surface area (TPSA) is 64.1 Å². The average Bonchev–Trinajstić information content (AvgIpc) is 2.91. The summed E-state index contributed by atoms with van der Waals surface area (Å²) in [6, 6.07) is 13.8. The van der Waals surface area contributed by atoms with Gasteiger partial charge in [0.25, 0.3) is 0 Å². The number of nitrogens with zero attached hydrogens (tertiary/aromatic N) is 1. The Bertz CT molecular complexity index is 768. The van der Waals surface area contributed by atoms with Gasteiger partial charge in [-0.1, -0.05) is 18.2 Å². The van der Waals surface area contributed by atoms with Gasteiger partial charge in [-0.05, 0) is 25.1 Å². The third kappa shape index (κ3) is 5.92. The van der Waals surface area contributed by atoms with Crippen molar-refractivity contribution in [3.05, 3.63) is 48.0 Å². The summed E-state index contributed by atoms with van der Waals surface area (Å²) in [5, 5.41) is 6.60. The number of guanidine groups is 1. The van der Waals surface area contributed by atoms with Crippen molar-refractivity contribution in [2.24, 2.45) is 4.99 Å². The van der Waals surface area contributed by atoms with Crippen LogP contribution in [0.1, 0.15) is 18.9 Å². The number of anilines is 1. The highest BCUT2D eigenvalue weighted by atomic mass is 127. The van der Waals surface area contributed by atoms with Gasteiger partial charge < -0.3 is 24.8 Å². The summed E-state index contributed by atoms with van der Waals surface area (Å²) in [7, 11) is 1.74. The summed E-state index contributed by atoms with van der Waals surface area (Å²) in [5.41, 5.74) is 1.97. The monoisotopic (exact) mass is 483 g/mol. The third-order valence-electron chi connectivity index (χ3n) is 3.95. The van der Waals surface area contributed by atoms with E-state index in [0.29, 0.717) is 32.3 Å². The number of benzene rings is 2. The van der Waals surface area contributed by atoms with Crippen molar-refractivity contribution in [2.45, 2.75) is 19.9 Å². The molecule has 7 heteroatoms. The highest BCUT2D eigenvalue weighted by molar-refractivity contribution is 14.0. The Kier molecular flexibility index (Phi) is 8.50. The zero-order chi connectivity index (χ0) is 18.2. The third-order valence-corrected chi connectivity index (χ3v) is 3.95. The second-order valence-corrected chi connectivity index (χ2v) is 5.80. The summed E-state index contributed by atoms with van der Waals surface area (Å²) in [6.07, 6.45) is 0.889. The van der Waals surface area contributed by atoms with E-state index in [0.717, 1.165) is 34.9 Å². The maximum atomic E-state index is 5.73. The molecule has 0 fully saturated rings. The molecule has 0 bridgehead atoms. The van der Waals surface area contributed by atoms with Gasteiger partial charge in [0.2, 0.25) is 0 Å². The van der Waals surface area contributed by atoms with Crippen LogP contribution in [0.2, 0.25) is 0 Å². The molecule has 0 aromatic heterocycles. The van der Waals surface area contributed by atoms with Gasteiger partial charge in [0.15, 0.2) is 17.5 Å². The fraction of sp³-hybridized carbons (Fsp3) is 0.350. The Labute approximate surface area is 177 Å². The molecule has 0 saturated heterocycles. The van der Waals surface area contributed by atoms with Crippen LogP contribution in [0.3, 0.4) is 0 Å². The number of ether oxygens (including phenoxy) is 3. The zero-order valence-electron chi connectivity index (χ0n) is 15.7. The van der Waals surface area contributed by atoms with Gasteiger partial charge in [0.05, 0.1) is 19.8 Å². The first-order valence-electron chi connectivity index (χ1n) is 8.88. The van der Waals surface area contributed by atoms with E-state index in [1.54, 1.807) is 7.05 Å². The van der Waals surface area contributed by atoms with Crippen molar-refractivity contribution < 1.29 is 14.2 Å². The summed E-state index contributed by atoms with van der Waals surface area (Å²) in [4.78, 5) is 4.29. The molecule has 0 spiro atoms. The Morgan fingerprint density at radius 2 is 1.89 bits per heavy atom. The molecule has 146 valence electrons. The fourth-order valence-corrected chi connectivity index (χ4v) is 2.68. The van der Waals surface area contributed by atoms with Crippen molar-refractivity contribution in [3.63, 3.8) is 0 Å². The second-order valence-electron chi connectivity index (χ2n) is 5.80. The standard InChI is InChI=1S/C20H25N3O3.HI/c1-3-24-17-8-5-4-7-15(17)14-22-20(21-2)23-16-9-10-18-19(13-16)26-12-6-11-25-18;/h4-5,7-10,13H,3,6,11-12,14H2,1-2H3,(H2,21,22,23);1H. The van der Waals surface area contributed by atoms with E-state index in [1.807, 2.05) is 49.4 Å². The van der Waals surface area contributed by atoms with Crippen LogP contribution in [0.5, 0.6) is 17.2 Å². The Morgan fingerprint density at radius 3 is 2.67 bits per heavy atom. The summed E-state index contributed by atoms with van der Waals surface area (Å²) in [6.45, 7) is 4.58. The Balaban J connectivity index is 0.00000261. The molecule has 1 aliphatic heterocycles. The van der Waals surface area contributed by atoms with Gasteiger partial charge in [-0.2, -0.15) is 0 Å². The average molecular weight is 483 g/mol. The lowest BCUT2D eigenvalue weighted by molar-refractivity contribution is 0.297. The lowest BCUT2D eigenvalue weighted by Crippen LogP contribution is -2.30. The number of fused-ring (bicyclic) bond motifs is 1. The van der Waals surface area contributed by atoms with Crippen molar-refractivity contribution in [2.75, 3.05) is 32.2 Å². The largest absolute Gasteiger partial charge is 0.494 e. The molecule has 0 unspecified atom stereocenters. The van der Waals surface area contributed by atoms with Crippen LogP contribution in [0.25, 0.3) is 0 Å². The number of aliphatic imine (C=N–C) groups is 1. The molecular weight excluding hydrogens is 457 g/mol. The molecule has 6 nitrogen and oxygen atoms in total. The minimum atomic E-state index is 0. The lowest BCUT2D eigenvalue weighted by atomic mass is 10.2. The molecule has 0 amide bonds. The van der Waals surface area contributed by atoms with Crippen LogP contribution in [-0.4, -0.2) is 32.8 Å². The van der Waals surface area contributed by atoms with Crippen molar-refractivity contribution in [1.82, 2.24) is 5.32 Å². The van der Waals surface area contributed by atoms with Crippen LogP contribution in [0.4, 0.5) is 5.69 Å². The van der Waals surface area contributed by atoms with Crippen molar-refractivity contribution >= 4 is 35.6 Å². The van der Waals surface area contributed by atoms with E-state index in [1.165, 1.54) is 0 Å². The molecule has 27 heavy (non-hydrogen) atoms. The highest BCUT2D eigenvalue weighted by Crippen LogP contribution is 2.32. The molecule has 2 aromatic rings. The van der Waals surface area contributed by atoms with E-state index in [9.17, 15) is 0 Å². The Hall–Kier alpha value is -2.16. The van der Waals surface area contributed by atoms with Gasteiger partial charge in [0, 0.05) is 37.3 Å². The number of para-hydroxylation sites is 1. The second kappa shape index (κ2) is 10.9. The normalized spacial score (nSPS) is 13.2. The number of hydrogen-bond acceptors (Lipinski definition) is 4. The first-order valence-corrected chi connectivity index (χ1v) is 8.88. The molecule has 1 aliphatic rings. The molecule has 0 radical (unpaired) electrons. The zero-order valence-corrected chi connectivity index (χ0v) is 18.0. The first-order chi connectivity index (χ1) is 12.8. The minimum Gasteiger partial charge on any atom is -0.494 e. The maximum absolute atomic E-state index is 5.73. The predicted molar refractivity (Wildman–Crippen MR) is 119 cm³/mol. The van der Waals surface area contributed by atoms with Gasteiger partial charge in [0.1, 0.15) is 5.75 Å². The van der Waals surface area contributed by atoms with Crippen LogP contribution < -0.4 is 24.8 Å². The number of halogens is 1. The van der Waals surface area contributed by atoms with Gasteiger partial charge in [-0.15, -0.1) is 24.0 Å². The number of rotatable bonds is 5. The van der Waals surface area contributed by atoms with E-state index in [4.69, 9.17) is 14.2 Å². The first kappa shape index (κ1) is 21.1. The number of nitrogens with one attached hydrogen (secondary N) is 2. The highest BCUT2D eigenvalue weighted by Gasteiger charge is 2.11. The summed E-state index contributed by atoms with van der Waals surface area (Å²) in [5.74, 6) is 3.09. The fourth-order valence-electron chi connectivity index (χ4n) is 2.68. The van der Waals surface area contributed by atoms with Gasteiger partial charge >= 0.3 is 0 Å². The summed E-state index contributed by atoms with van der Waals surface area (Å²) < 4.78 is 17.1. The molecule has 2 aromatic carbocycles. The van der Waals surface area contributed by atoms with E-state index in [2.05, 4.69) is 15.6 Å². The predicted octanol–water partition coefficient (Wildman–Crippen LogP) is 4.05. The molecule has 0 atom stereocenters. The molecule has 0 aliphatic carbocycles. The van der Waals surface area contributed by atoms with Crippen LogP contribution >= 0.6 is 24.0 Å². The maximum Gasteiger partial charge on any atom is 0.195 e. The SMILES string of the molecule is CCOc1ccccc1CNC(=NC)Nc1ccc2c(c1)OCCCO2.I. The molecule has 1 heterocycles. The molecular formula is C20H26IN3O3. The minimum absolute atomic E-state index is 0. The Morgan fingerprint density at radius 1 is 1.11 bits per heavy atom. The van der Waals surface area contributed by atoms with E-state index < -0.39 is 0 Å². The van der Waals surface area contributed by atoms with Crippen LogP contribution in [-0.2, 0) is 6.54 Å². The van der Waals surface area contributed by atoms with Crippen molar-refractivity contribution in [3.8, 4) is 17.2 Å². The number of hydrogen-bond donors (Lipinski definition) is 2. The van der Waals surface area contributed by atoms with Crippen LogP contribution in [0, 0.1) is 0 Å². The smallest absolute Gasteiger partial charge is 0.195 e. The molecule has 3 rings (SSSR count). The molecule has 0 saturated carbocycles. The lowest BCUT2D eigenvalue weighted by Gasteiger charge is -2.15. The van der Waals surface area contributed by atoms with E-state index in [-0.39, 0.29) is 24.0 Å².